The Morgan fingerprint density at radius 3 is 2.50 bits per heavy atom. The smallest absolute Gasteiger partial charge is 0.288 e. The van der Waals surface area contributed by atoms with E-state index < -0.39 is 0 Å². The molecular formula is C18H16N2O2. The van der Waals surface area contributed by atoms with Crippen LogP contribution in [0.2, 0.25) is 0 Å². The zero-order chi connectivity index (χ0) is 15.4. The standard InChI is InChI=1S/C18H16N2O2/c1-13-10-12-22-17(13)18(21)20-16(14-7-3-2-4-8-14)15-9-5-6-11-19-15/h2-12,16H,1H3,(H,20,21). The summed E-state index contributed by atoms with van der Waals surface area (Å²) in [5.41, 5.74) is 2.57. The first kappa shape index (κ1) is 14.1. The van der Waals surface area contributed by atoms with Gasteiger partial charge in [0, 0.05) is 11.8 Å². The number of pyridine rings is 1. The van der Waals surface area contributed by atoms with Crippen LogP contribution in [0.25, 0.3) is 0 Å². The number of rotatable bonds is 4. The molecule has 0 fully saturated rings. The van der Waals surface area contributed by atoms with E-state index >= 15 is 0 Å². The highest BCUT2D eigenvalue weighted by Gasteiger charge is 2.21. The second-order valence-corrected chi connectivity index (χ2v) is 5.00. The lowest BCUT2D eigenvalue weighted by molar-refractivity contribution is 0.0913. The van der Waals surface area contributed by atoms with Crippen molar-refractivity contribution in [2.75, 3.05) is 0 Å². The molecule has 1 aromatic carbocycles. The Hall–Kier alpha value is -2.88. The first-order valence-electron chi connectivity index (χ1n) is 7.06. The van der Waals surface area contributed by atoms with E-state index in [1.165, 1.54) is 6.26 Å². The molecule has 3 aromatic rings. The Balaban J connectivity index is 1.93. The van der Waals surface area contributed by atoms with E-state index in [-0.39, 0.29) is 11.9 Å². The third-order valence-corrected chi connectivity index (χ3v) is 3.46. The Morgan fingerprint density at radius 1 is 1.09 bits per heavy atom. The molecule has 1 N–H and O–H groups in total. The summed E-state index contributed by atoms with van der Waals surface area (Å²) in [6.07, 6.45) is 3.23. The molecule has 0 aliphatic carbocycles. The summed E-state index contributed by atoms with van der Waals surface area (Å²) >= 11 is 0. The highest BCUT2D eigenvalue weighted by Crippen LogP contribution is 2.21. The minimum absolute atomic E-state index is 0.248. The van der Waals surface area contributed by atoms with Gasteiger partial charge in [-0.3, -0.25) is 9.78 Å². The van der Waals surface area contributed by atoms with Crippen molar-refractivity contribution in [3.63, 3.8) is 0 Å². The number of furan rings is 1. The van der Waals surface area contributed by atoms with Crippen LogP contribution in [0.4, 0.5) is 0 Å². The molecule has 0 bridgehead atoms. The summed E-state index contributed by atoms with van der Waals surface area (Å²) in [6, 6.07) is 16.9. The third-order valence-electron chi connectivity index (χ3n) is 3.46. The van der Waals surface area contributed by atoms with Crippen LogP contribution in [-0.2, 0) is 0 Å². The van der Waals surface area contributed by atoms with Gasteiger partial charge in [0.15, 0.2) is 5.76 Å². The Labute approximate surface area is 128 Å². The van der Waals surface area contributed by atoms with Crippen molar-refractivity contribution >= 4 is 5.91 Å². The average molecular weight is 292 g/mol. The maximum absolute atomic E-state index is 12.5. The number of hydrogen-bond acceptors (Lipinski definition) is 3. The van der Waals surface area contributed by atoms with E-state index in [0.29, 0.717) is 5.76 Å². The average Bonchev–Trinajstić information content (AvgIpc) is 3.00. The molecule has 1 atom stereocenters. The van der Waals surface area contributed by atoms with Crippen molar-refractivity contribution in [3.05, 3.63) is 89.6 Å². The summed E-state index contributed by atoms with van der Waals surface area (Å²) < 4.78 is 5.27. The van der Waals surface area contributed by atoms with E-state index in [1.54, 1.807) is 12.3 Å². The second kappa shape index (κ2) is 6.26. The molecule has 4 heteroatoms. The lowest BCUT2D eigenvalue weighted by atomic mass is 10.0. The van der Waals surface area contributed by atoms with Crippen molar-refractivity contribution in [1.82, 2.24) is 10.3 Å². The van der Waals surface area contributed by atoms with Gasteiger partial charge in [0.2, 0.25) is 0 Å². The number of benzene rings is 1. The molecule has 110 valence electrons. The van der Waals surface area contributed by atoms with Gasteiger partial charge in [0.05, 0.1) is 18.0 Å². The Morgan fingerprint density at radius 2 is 1.86 bits per heavy atom. The molecule has 3 rings (SSSR count). The molecule has 0 radical (unpaired) electrons. The zero-order valence-electron chi connectivity index (χ0n) is 12.2. The van der Waals surface area contributed by atoms with E-state index in [4.69, 9.17) is 4.42 Å². The highest BCUT2D eigenvalue weighted by molar-refractivity contribution is 5.93. The van der Waals surface area contributed by atoms with E-state index in [2.05, 4.69) is 10.3 Å². The fourth-order valence-corrected chi connectivity index (χ4v) is 2.32. The van der Waals surface area contributed by atoms with Crippen LogP contribution in [-0.4, -0.2) is 10.9 Å². The molecule has 2 aromatic heterocycles. The SMILES string of the molecule is Cc1ccoc1C(=O)NC(c1ccccc1)c1ccccn1. The van der Waals surface area contributed by atoms with E-state index in [0.717, 1.165) is 16.8 Å². The monoisotopic (exact) mass is 292 g/mol. The fourth-order valence-electron chi connectivity index (χ4n) is 2.32. The van der Waals surface area contributed by atoms with Gasteiger partial charge in [-0.2, -0.15) is 0 Å². The van der Waals surface area contributed by atoms with Gasteiger partial charge < -0.3 is 9.73 Å². The Bertz CT molecular complexity index is 712. The lowest BCUT2D eigenvalue weighted by Gasteiger charge is -2.18. The number of aryl methyl sites for hydroxylation is 1. The minimum Gasteiger partial charge on any atom is -0.459 e. The largest absolute Gasteiger partial charge is 0.459 e. The molecule has 0 saturated heterocycles. The van der Waals surface area contributed by atoms with Crippen molar-refractivity contribution in [2.45, 2.75) is 13.0 Å². The van der Waals surface area contributed by atoms with Crippen molar-refractivity contribution in [1.29, 1.82) is 0 Å². The molecular weight excluding hydrogens is 276 g/mol. The van der Waals surface area contributed by atoms with E-state index in [9.17, 15) is 4.79 Å². The van der Waals surface area contributed by atoms with E-state index in [1.807, 2.05) is 55.5 Å². The Kier molecular flexibility index (Phi) is 4.01. The van der Waals surface area contributed by atoms with Gasteiger partial charge >= 0.3 is 0 Å². The first-order valence-corrected chi connectivity index (χ1v) is 7.06. The van der Waals surface area contributed by atoms with Crippen LogP contribution in [0, 0.1) is 6.92 Å². The number of nitrogens with one attached hydrogen (secondary N) is 1. The maximum atomic E-state index is 12.5. The minimum atomic E-state index is -0.320. The van der Waals surface area contributed by atoms with Crippen LogP contribution in [0.3, 0.4) is 0 Å². The van der Waals surface area contributed by atoms with Crippen molar-refractivity contribution in [3.8, 4) is 0 Å². The topological polar surface area (TPSA) is 55.1 Å². The number of nitrogens with zero attached hydrogens (tertiary/aromatic N) is 1. The second-order valence-electron chi connectivity index (χ2n) is 5.00. The van der Waals surface area contributed by atoms with Gasteiger partial charge in [-0.1, -0.05) is 36.4 Å². The van der Waals surface area contributed by atoms with Crippen LogP contribution in [0.1, 0.15) is 33.4 Å². The maximum Gasteiger partial charge on any atom is 0.288 e. The summed E-state index contributed by atoms with van der Waals surface area (Å²) in [4.78, 5) is 16.8. The molecule has 1 unspecified atom stereocenters. The number of hydrogen-bond donors (Lipinski definition) is 1. The van der Waals surface area contributed by atoms with Gasteiger partial charge in [-0.05, 0) is 30.7 Å². The van der Waals surface area contributed by atoms with Gasteiger partial charge in [0.1, 0.15) is 0 Å². The summed E-state index contributed by atoms with van der Waals surface area (Å²) in [7, 11) is 0. The predicted molar refractivity (Wildman–Crippen MR) is 83.4 cm³/mol. The molecule has 0 spiro atoms. The summed E-state index contributed by atoms with van der Waals surface area (Å²) in [5, 5.41) is 3.00. The van der Waals surface area contributed by atoms with Crippen LogP contribution in [0.15, 0.2) is 71.5 Å². The number of carbonyl (C=O) groups excluding carboxylic acids is 1. The molecule has 0 aliphatic heterocycles. The molecule has 4 nitrogen and oxygen atoms in total. The zero-order valence-corrected chi connectivity index (χ0v) is 12.2. The summed E-state index contributed by atoms with van der Waals surface area (Å²) in [6.45, 7) is 1.84. The lowest BCUT2D eigenvalue weighted by Crippen LogP contribution is -2.30. The molecule has 0 saturated carbocycles. The van der Waals surface area contributed by atoms with Crippen LogP contribution >= 0.6 is 0 Å². The molecule has 1 amide bonds. The summed E-state index contributed by atoms with van der Waals surface area (Å²) in [5.74, 6) is 0.0823. The molecule has 2 heterocycles. The van der Waals surface area contributed by atoms with Crippen molar-refractivity contribution in [2.24, 2.45) is 0 Å². The molecule has 22 heavy (non-hydrogen) atoms. The number of aromatic nitrogens is 1. The highest BCUT2D eigenvalue weighted by atomic mass is 16.3. The number of amides is 1. The predicted octanol–water partition coefficient (Wildman–Crippen LogP) is 3.50. The quantitative estimate of drug-likeness (QED) is 0.800. The van der Waals surface area contributed by atoms with Gasteiger partial charge in [0.25, 0.3) is 5.91 Å². The third kappa shape index (κ3) is 2.91. The van der Waals surface area contributed by atoms with Crippen molar-refractivity contribution < 1.29 is 9.21 Å². The van der Waals surface area contributed by atoms with Crippen LogP contribution in [0.5, 0.6) is 0 Å². The first-order chi connectivity index (χ1) is 10.8. The fraction of sp³-hybridized carbons (Fsp3) is 0.111. The molecule has 0 aliphatic rings. The van der Waals surface area contributed by atoms with Crippen LogP contribution < -0.4 is 5.32 Å². The van der Waals surface area contributed by atoms with Gasteiger partial charge in [-0.15, -0.1) is 0 Å². The normalized spacial score (nSPS) is 11.9. The number of carbonyl (C=O) groups is 1. The van der Waals surface area contributed by atoms with Gasteiger partial charge in [-0.25, -0.2) is 0 Å².